The maximum atomic E-state index is 12.3. The molecule has 6 nitrogen and oxygen atoms in total. The molecule has 0 fully saturated rings. The van der Waals surface area contributed by atoms with Crippen LogP contribution in [0.5, 0.6) is 0 Å². The molecule has 3 aromatic rings. The molecule has 0 aromatic heterocycles. The summed E-state index contributed by atoms with van der Waals surface area (Å²) in [7, 11) is 0. The Kier molecular flexibility index (Phi) is 4.59. The number of rotatable bonds is 3. The molecule has 3 aliphatic rings. The Hall–Kier alpha value is -3.93. The van der Waals surface area contributed by atoms with Crippen LogP contribution in [0.4, 0.5) is 17.1 Å². The van der Waals surface area contributed by atoms with E-state index in [1.165, 1.54) is 43.0 Å². The Balaban J connectivity index is 1.87. The van der Waals surface area contributed by atoms with Gasteiger partial charge in [0.2, 0.25) is 17.7 Å². The monoisotopic (exact) mass is 425 g/mol. The second-order valence-electron chi connectivity index (χ2n) is 8.34. The van der Waals surface area contributed by atoms with Crippen molar-refractivity contribution in [3.05, 3.63) is 88.0 Å². The van der Waals surface area contributed by atoms with Crippen LogP contribution in [0.2, 0.25) is 0 Å². The van der Waals surface area contributed by atoms with E-state index in [0.29, 0.717) is 17.1 Å². The molecule has 0 heterocycles. The molecule has 0 aliphatic heterocycles. The highest BCUT2D eigenvalue weighted by atomic mass is 16.2. The highest BCUT2D eigenvalue weighted by molar-refractivity contribution is 6.07. The number of amides is 3. The Labute approximate surface area is 186 Å². The lowest BCUT2D eigenvalue weighted by molar-refractivity contribution is -0.115. The molecule has 6 rings (SSSR count). The molecule has 0 atom stereocenters. The van der Waals surface area contributed by atoms with Gasteiger partial charge in [0.15, 0.2) is 0 Å². The molecular formula is C26H23N3O3. The average Bonchev–Trinajstić information content (AvgIpc) is 2.74. The van der Waals surface area contributed by atoms with Crippen LogP contribution in [0.15, 0.2) is 54.6 Å². The number of nitrogens with one attached hydrogen (secondary N) is 3. The van der Waals surface area contributed by atoms with Crippen molar-refractivity contribution in [1.82, 2.24) is 0 Å². The minimum absolute atomic E-state index is 0.0335. The smallest absolute Gasteiger partial charge is 0.221 e. The van der Waals surface area contributed by atoms with Gasteiger partial charge < -0.3 is 16.0 Å². The Bertz CT molecular complexity index is 1260. The van der Waals surface area contributed by atoms with E-state index in [4.69, 9.17) is 0 Å². The summed E-state index contributed by atoms with van der Waals surface area (Å²) >= 11 is 0. The van der Waals surface area contributed by atoms with Gasteiger partial charge in [-0.25, -0.2) is 0 Å². The Morgan fingerprint density at radius 2 is 1.03 bits per heavy atom. The van der Waals surface area contributed by atoms with Crippen LogP contribution in [-0.4, -0.2) is 17.7 Å². The number of benzene rings is 3. The number of anilines is 3. The van der Waals surface area contributed by atoms with E-state index in [0.717, 1.165) is 11.1 Å². The zero-order valence-electron chi connectivity index (χ0n) is 18.1. The van der Waals surface area contributed by atoms with Crippen LogP contribution in [0.25, 0.3) is 0 Å². The van der Waals surface area contributed by atoms with Gasteiger partial charge in [0, 0.05) is 32.6 Å². The third-order valence-electron chi connectivity index (χ3n) is 6.15. The van der Waals surface area contributed by atoms with E-state index in [9.17, 15) is 14.4 Å². The quantitative estimate of drug-likeness (QED) is 0.396. The number of carbonyl (C=O) groups is 3. The second kappa shape index (κ2) is 7.34. The van der Waals surface area contributed by atoms with Crippen molar-refractivity contribution in [3.8, 4) is 0 Å². The van der Waals surface area contributed by atoms with Gasteiger partial charge in [-0.1, -0.05) is 48.5 Å². The fourth-order valence-corrected chi connectivity index (χ4v) is 5.22. The number of hydrogen-bond acceptors (Lipinski definition) is 3. The molecule has 0 unspecified atom stereocenters. The first kappa shape index (κ1) is 20.0. The van der Waals surface area contributed by atoms with E-state index in [2.05, 4.69) is 40.2 Å². The molecule has 3 amide bonds. The highest BCUT2D eigenvalue weighted by Gasteiger charge is 2.43. The molecule has 0 saturated carbocycles. The number of hydrogen-bond donors (Lipinski definition) is 3. The highest BCUT2D eigenvalue weighted by Crippen LogP contribution is 2.59. The average molecular weight is 425 g/mol. The van der Waals surface area contributed by atoms with Gasteiger partial charge in [-0.05, 0) is 39.4 Å². The van der Waals surface area contributed by atoms with Gasteiger partial charge in [-0.2, -0.15) is 0 Å². The molecule has 3 aliphatic carbocycles. The summed E-state index contributed by atoms with van der Waals surface area (Å²) in [6, 6.07) is 18.6. The van der Waals surface area contributed by atoms with Gasteiger partial charge in [0.05, 0.1) is 17.1 Å². The third-order valence-corrected chi connectivity index (χ3v) is 6.15. The third kappa shape index (κ3) is 2.99. The molecule has 160 valence electrons. The summed E-state index contributed by atoms with van der Waals surface area (Å²) in [5, 5.41) is 8.65. The Morgan fingerprint density at radius 3 is 1.50 bits per heavy atom. The second-order valence-corrected chi connectivity index (χ2v) is 8.34. The summed E-state index contributed by atoms with van der Waals surface area (Å²) in [5.74, 6) is -0.921. The van der Waals surface area contributed by atoms with Crippen molar-refractivity contribution in [2.24, 2.45) is 0 Å². The first-order valence-electron chi connectivity index (χ1n) is 10.6. The maximum Gasteiger partial charge on any atom is 0.221 e. The van der Waals surface area contributed by atoms with Crippen LogP contribution in [0.1, 0.15) is 66.0 Å². The molecule has 3 N–H and O–H groups in total. The molecular weight excluding hydrogens is 402 g/mol. The van der Waals surface area contributed by atoms with Crippen LogP contribution in [-0.2, 0) is 14.4 Å². The summed E-state index contributed by atoms with van der Waals surface area (Å²) in [6.45, 7) is 4.27. The lowest BCUT2D eigenvalue weighted by atomic mass is 9.60. The topological polar surface area (TPSA) is 87.3 Å². The fraction of sp³-hybridized carbons (Fsp3) is 0.192. The molecule has 2 bridgehead atoms. The summed E-state index contributed by atoms with van der Waals surface area (Å²) in [6.07, 6.45) is 0. The summed E-state index contributed by atoms with van der Waals surface area (Å²) in [5.41, 5.74) is 8.22. The van der Waals surface area contributed by atoms with Crippen molar-refractivity contribution in [1.29, 1.82) is 0 Å². The molecule has 0 saturated heterocycles. The lowest BCUT2D eigenvalue weighted by Crippen LogP contribution is -2.30. The molecule has 0 spiro atoms. The number of carbonyl (C=O) groups excluding carboxylic acids is 3. The Morgan fingerprint density at radius 1 is 0.594 bits per heavy atom. The van der Waals surface area contributed by atoms with Crippen molar-refractivity contribution < 1.29 is 14.4 Å². The van der Waals surface area contributed by atoms with Crippen LogP contribution in [0, 0.1) is 0 Å². The van der Waals surface area contributed by atoms with Gasteiger partial charge >= 0.3 is 0 Å². The SMILES string of the molecule is CC(=O)Nc1cc2c(c(NC(C)=O)c1NC(C)=O)C1c3ccccc3C2c2ccccc21. The van der Waals surface area contributed by atoms with Gasteiger partial charge in [0.1, 0.15) is 0 Å². The van der Waals surface area contributed by atoms with Gasteiger partial charge in [-0.3, -0.25) is 14.4 Å². The van der Waals surface area contributed by atoms with Crippen molar-refractivity contribution >= 4 is 34.8 Å². The zero-order chi connectivity index (χ0) is 22.6. The fourth-order valence-electron chi connectivity index (χ4n) is 5.22. The van der Waals surface area contributed by atoms with E-state index in [1.807, 2.05) is 30.3 Å². The van der Waals surface area contributed by atoms with Crippen molar-refractivity contribution in [3.63, 3.8) is 0 Å². The van der Waals surface area contributed by atoms with E-state index in [1.54, 1.807) is 0 Å². The minimum atomic E-state index is -0.287. The largest absolute Gasteiger partial charge is 0.324 e. The van der Waals surface area contributed by atoms with Crippen molar-refractivity contribution in [2.75, 3.05) is 16.0 Å². The maximum absolute atomic E-state index is 12.3. The predicted octanol–water partition coefficient (Wildman–Crippen LogP) is 4.55. The van der Waals surface area contributed by atoms with Crippen LogP contribution >= 0.6 is 0 Å². The molecule has 32 heavy (non-hydrogen) atoms. The van der Waals surface area contributed by atoms with Gasteiger partial charge in [0.25, 0.3) is 0 Å². The van der Waals surface area contributed by atoms with E-state index >= 15 is 0 Å². The van der Waals surface area contributed by atoms with Crippen LogP contribution < -0.4 is 16.0 Å². The molecule has 0 radical (unpaired) electrons. The van der Waals surface area contributed by atoms with Crippen LogP contribution in [0.3, 0.4) is 0 Å². The molecule has 6 heteroatoms. The lowest BCUT2D eigenvalue weighted by Gasteiger charge is -2.43. The normalized spacial score (nSPS) is 17.0. The zero-order valence-corrected chi connectivity index (χ0v) is 18.1. The first-order valence-corrected chi connectivity index (χ1v) is 10.6. The van der Waals surface area contributed by atoms with E-state index in [-0.39, 0.29) is 29.6 Å². The first-order chi connectivity index (χ1) is 15.4. The standard InChI is InChI=1S/C26H23N3O3/c1-13(30)27-21-12-20-22-16-8-4-6-10-18(16)23(19-11-7-5-9-17(19)22)24(20)26(29-15(3)32)25(21)28-14(2)31/h4-12,22-23H,1-3H3,(H,27,30)(H,28,31)(H,29,32). The molecule has 3 aromatic carbocycles. The van der Waals surface area contributed by atoms with Crippen molar-refractivity contribution in [2.45, 2.75) is 32.6 Å². The van der Waals surface area contributed by atoms with Gasteiger partial charge in [-0.15, -0.1) is 0 Å². The minimum Gasteiger partial charge on any atom is -0.324 e. The summed E-state index contributed by atoms with van der Waals surface area (Å²) < 4.78 is 0. The predicted molar refractivity (Wildman–Crippen MR) is 124 cm³/mol. The van der Waals surface area contributed by atoms with E-state index < -0.39 is 0 Å². The summed E-state index contributed by atoms with van der Waals surface area (Å²) in [4.78, 5) is 36.3.